The van der Waals surface area contributed by atoms with Crippen molar-refractivity contribution in [1.29, 1.82) is 0 Å². The van der Waals surface area contributed by atoms with Crippen molar-refractivity contribution in [1.82, 2.24) is 0 Å². The summed E-state index contributed by atoms with van der Waals surface area (Å²) in [6.07, 6.45) is 8.61. The molecule has 0 heterocycles. The number of fused-ring (bicyclic) bond motifs is 9. The first kappa shape index (κ1) is 31.7. The number of rotatable bonds is 6. The molecule has 9 rings (SSSR count). The summed E-state index contributed by atoms with van der Waals surface area (Å²) in [6, 6.07) is 34.7. The molecule has 5 aromatic rings. The predicted octanol–water partition coefficient (Wildman–Crippen LogP) is 12.2. The van der Waals surface area contributed by atoms with Gasteiger partial charge in [0.1, 0.15) is 0 Å². The van der Waals surface area contributed by atoms with Gasteiger partial charge in [0.15, 0.2) is 0 Å². The first-order chi connectivity index (χ1) is 24.4. The van der Waals surface area contributed by atoms with Crippen molar-refractivity contribution in [2.75, 3.05) is 0 Å². The summed E-state index contributed by atoms with van der Waals surface area (Å²) in [5, 5.41) is 9.19. The van der Waals surface area contributed by atoms with E-state index in [1.807, 2.05) is 6.08 Å². The van der Waals surface area contributed by atoms with Gasteiger partial charge in [-0.25, -0.2) is 0 Å². The van der Waals surface area contributed by atoms with Crippen LogP contribution in [0.3, 0.4) is 0 Å². The average Bonchev–Trinajstić information content (AvgIpc) is 3.64. The van der Waals surface area contributed by atoms with E-state index in [0.29, 0.717) is 18.3 Å². The Morgan fingerprint density at radius 2 is 1.31 bits per heavy atom. The number of benzene rings is 5. The highest BCUT2D eigenvalue weighted by molar-refractivity contribution is 5.90. The molecule has 252 valence electrons. The molecule has 0 radical (unpaired) electrons. The minimum atomic E-state index is -0.746. The molecular weight excluding hydrogens is 621 g/mol. The van der Waals surface area contributed by atoms with Crippen molar-refractivity contribution < 1.29 is 9.90 Å². The van der Waals surface area contributed by atoms with Gasteiger partial charge < -0.3 is 5.11 Å². The van der Waals surface area contributed by atoms with Crippen LogP contribution in [0.15, 0.2) is 115 Å². The van der Waals surface area contributed by atoms with Crippen LogP contribution in [-0.4, -0.2) is 11.1 Å². The van der Waals surface area contributed by atoms with Gasteiger partial charge in [-0.2, -0.15) is 0 Å². The number of hydrogen-bond acceptors (Lipinski definition) is 1. The van der Waals surface area contributed by atoms with Gasteiger partial charge in [0.25, 0.3) is 0 Å². The second-order valence-electron chi connectivity index (χ2n) is 16.2. The first-order valence-electron chi connectivity index (χ1n) is 18.4. The lowest BCUT2D eigenvalue weighted by atomic mass is 9.78. The van der Waals surface area contributed by atoms with Crippen LogP contribution < -0.4 is 0 Å². The van der Waals surface area contributed by atoms with Gasteiger partial charge in [0, 0.05) is 29.1 Å². The number of allylic oxidation sites excluding steroid dienone is 4. The van der Waals surface area contributed by atoms with E-state index < -0.39 is 5.97 Å². The predicted molar refractivity (Wildman–Crippen MR) is 211 cm³/mol. The lowest BCUT2D eigenvalue weighted by Crippen LogP contribution is -2.16. The molecule has 2 heteroatoms. The Bertz CT molecular complexity index is 2410. The number of aryl methyl sites for hydroxylation is 1. The standard InChI is InChI=1S/C49H44O2/c1-7-29-8-16-37-38-19-13-33(26-44(38)48(3,4)43(37)23-29)34-14-20-40-39-18-12-32(25-45(39)49(5,6)46(40)27-34)31-11-17-36-35-15-9-30(10-21-47(50)51)22-41(35)28(2)42(36)24-31/h7-9,12-20,22-28,31H,1,10-11,21H2,2-6H3,(H,50,51). The van der Waals surface area contributed by atoms with Crippen LogP contribution in [0.2, 0.25) is 0 Å². The maximum atomic E-state index is 11.2. The summed E-state index contributed by atoms with van der Waals surface area (Å²) >= 11 is 0. The molecule has 1 N–H and O–H groups in total. The molecule has 0 saturated carbocycles. The van der Waals surface area contributed by atoms with Gasteiger partial charge >= 0.3 is 5.97 Å². The van der Waals surface area contributed by atoms with E-state index in [4.69, 9.17) is 0 Å². The zero-order chi connectivity index (χ0) is 35.4. The highest BCUT2D eigenvalue weighted by atomic mass is 16.4. The Morgan fingerprint density at radius 3 is 1.94 bits per heavy atom. The maximum absolute atomic E-state index is 11.2. The van der Waals surface area contributed by atoms with Crippen molar-refractivity contribution in [3.8, 4) is 33.4 Å². The van der Waals surface area contributed by atoms with Gasteiger partial charge in [-0.05, 0) is 120 Å². The molecule has 0 aliphatic heterocycles. The fourth-order valence-corrected chi connectivity index (χ4v) is 9.63. The summed E-state index contributed by atoms with van der Waals surface area (Å²) in [7, 11) is 0. The fourth-order valence-electron chi connectivity index (χ4n) is 9.63. The van der Waals surface area contributed by atoms with Gasteiger partial charge in [0.2, 0.25) is 0 Å². The van der Waals surface area contributed by atoms with E-state index in [-0.39, 0.29) is 17.3 Å². The van der Waals surface area contributed by atoms with Crippen molar-refractivity contribution in [2.24, 2.45) is 0 Å². The van der Waals surface area contributed by atoms with Crippen molar-refractivity contribution >= 4 is 17.6 Å². The molecule has 2 atom stereocenters. The Balaban J connectivity index is 1.01. The van der Waals surface area contributed by atoms with Crippen LogP contribution in [0.25, 0.3) is 45.0 Å². The lowest BCUT2D eigenvalue weighted by molar-refractivity contribution is -0.136. The molecule has 4 aliphatic rings. The molecule has 0 amide bonds. The molecule has 2 unspecified atom stereocenters. The summed E-state index contributed by atoms with van der Waals surface area (Å²) in [6.45, 7) is 15.8. The topological polar surface area (TPSA) is 37.3 Å². The van der Waals surface area contributed by atoms with E-state index in [1.54, 1.807) is 0 Å². The molecule has 4 aliphatic carbocycles. The third-order valence-electron chi connectivity index (χ3n) is 12.6. The first-order valence-corrected chi connectivity index (χ1v) is 18.4. The van der Waals surface area contributed by atoms with Crippen molar-refractivity contribution in [2.45, 2.75) is 76.5 Å². The monoisotopic (exact) mass is 664 g/mol. The van der Waals surface area contributed by atoms with Gasteiger partial charge in [-0.3, -0.25) is 4.79 Å². The highest BCUT2D eigenvalue weighted by Gasteiger charge is 2.38. The summed E-state index contributed by atoms with van der Waals surface area (Å²) in [5.41, 5.74) is 22.4. The zero-order valence-electron chi connectivity index (χ0n) is 30.2. The molecule has 0 saturated heterocycles. The van der Waals surface area contributed by atoms with Crippen molar-refractivity contribution in [3.05, 3.63) is 165 Å². The number of carbonyl (C=O) groups is 1. The van der Waals surface area contributed by atoms with Crippen molar-refractivity contribution in [3.63, 3.8) is 0 Å². The van der Waals surface area contributed by atoms with E-state index >= 15 is 0 Å². The minimum Gasteiger partial charge on any atom is -0.481 e. The third kappa shape index (κ3) is 4.72. The quantitative estimate of drug-likeness (QED) is 0.196. The molecule has 0 bridgehead atoms. The summed E-state index contributed by atoms with van der Waals surface area (Å²) < 4.78 is 0. The second kappa shape index (κ2) is 11.1. The molecule has 0 spiro atoms. The van der Waals surface area contributed by atoms with Crippen LogP contribution >= 0.6 is 0 Å². The van der Waals surface area contributed by atoms with E-state index in [0.717, 1.165) is 12.0 Å². The summed E-state index contributed by atoms with van der Waals surface area (Å²) in [5.74, 6) is -0.117. The largest absolute Gasteiger partial charge is 0.481 e. The van der Waals surface area contributed by atoms with Crippen LogP contribution in [0.5, 0.6) is 0 Å². The Kier molecular flexibility index (Phi) is 6.94. The van der Waals surface area contributed by atoms with E-state index in [9.17, 15) is 9.90 Å². The Labute approximate surface area is 301 Å². The normalized spacial score (nSPS) is 19.5. The lowest BCUT2D eigenvalue weighted by Gasteiger charge is -2.25. The van der Waals surface area contributed by atoms with Crippen LogP contribution in [0, 0.1) is 0 Å². The van der Waals surface area contributed by atoms with E-state index in [2.05, 4.69) is 144 Å². The van der Waals surface area contributed by atoms with Gasteiger partial charge in [0.05, 0.1) is 0 Å². The van der Waals surface area contributed by atoms with E-state index in [1.165, 1.54) is 89.0 Å². The Morgan fingerprint density at radius 1 is 0.745 bits per heavy atom. The average molecular weight is 665 g/mol. The molecule has 0 fully saturated rings. The smallest absolute Gasteiger partial charge is 0.303 e. The third-order valence-corrected chi connectivity index (χ3v) is 12.6. The number of hydrogen-bond donors (Lipinski definition) is 1. The van der Waals surface area contributed by atoms with Crippen LogP contribution in [-0.2, 0) is 22.0 Å². The minimum absolute atomic E-state index is 0.0727. The highest BCUT2D eigenvalue weighted by Crippen LogP contribution is 2.54. The number of carboxylic acids is 1. The Hall–Kier alpha value is -5.21. The molecule has 2 nitrogen and oxygen atoms in total. The SMILES string of the molecule is C=Cc1ccc2c(c1)C(C)(C)c1cc(-c3ccc4c(c3)C(C)(C)c3cc(C5C=C6C(=CC5)c5ccc(CCC(=O)O)cc5C6C)ccc3-4)ccc1-2. The summed E-state index contributed by atoms with van der Waals surface area (Å²) in [4.78, 5) is 11.2. The molecule has 0 aromatic heterocycles. The molecule has 51 heavy (non-hydrogen) atoms. The van der Waals surface area contributed by atoms with Gasteiger partial charge in [-0.1, -0.05) is 138 Å². The molecular formula is C49H44O2. The molecule has 5 aromatic carbocycles. The van der Waals surface area contributed by atoms with Crippen LogP contribution in [0.1, 0.15) is 109 Å². The maximum Gasteiger partial charge on any atom is 0.303 e. The fraction of sp³-hybridized carbons (Fsp3) is 0.245. The number of aliphatic carboxylic acids is 1. The number of carboxylic acid groups (broad SMARTS) is 1. The second-order valence-corrected chi connectivity index (χ2v) is 16.2. The van der Waals surface area contributed by atoms with Crippen LogP contribution in [0.4, 0.5) is 0 Å². The zero-order valence-corrected chi connectivity index (χ0v) is 30.2. The van der Waals surface area contributed by atoms with Gasteiger partial charge in [-0.15, -0.1) is 0 Å².